The van der Waals surface area contributed by atoms with Crippen molar-refractivity contribution in [3.8, 4) is 5.75 Å². The lowest BCUT2D eigenvalue weighted by Gasteiger charge is -2.10. The number of ether oxygens (including phenoxy) is 1. The Hall–Kier alpha value is -2.16. The van der Waals surface area contributed by atoms with E-state index in [4.69, 9.17) is 0 Å². The summed E-state index contributed by atoms with van der Waals surface area (Å²) in [6.45, 7) is 1.83. The summed E-state index contributed by atoms with van der Waals surface area (Å²) < 4.78 is 30.8. The van der Waals surface area contributed by atoms with Crippen LogP contribution in [-0.4, -0.2) is 39.6 Å². The fourth-order valence-electron chi connectivity index (χ4n) is 2.82. The van der Waals surface area contributed by atoms with Gasteiger partial charge in [0.05, 0.1) is 5.75 Å². The summed E-state index contributed by atoms with van der Waals surface area (Å²) in [6.07, 6.45) is 2.89. The van der Waals surface area contributed by atoms with E-state index in [1.54, 1.807) is 12.1 Å². The zero-order valence-electron chi connectivity index (χ0n) is 15.9. The highest BCUT2D eigenvalue weighted by molar-refractivity contribution is 7.99. The Bertz CT molecular complexity index is 792. The smallest absolute Gasteiger partial charge is 0.387 e. The molecule has 2 aromatic rings. The van der Waals surface area contributed by atoms with E-state index in [-0.39, 0.29) is 17.4 Å². The lowest BCUT2D eigenvalue weighted by atomic mass is 10.1. The van der Waals surface area contributed by atoms with Crippen LogP contribution in [0.25, 0.3) is 0 Å². The monoisotopic (exact) mass is 410 g/mol. The van der Waals surface area contributed by atoms with E-state index in [0.717, 1.165) is 29.4 Å². The predicted octanol–water partition coefficient (Wildman–Crippen LogP) is 3.79. The van der Waals surface area contributed by atoms with Crippen molar-refractivity contribution < 1.29 is 18.3 Å². The van der Waals surface area contributed by atoms with Gasteiger partial charge in [0.25, 0.3) is 0 Å². The van der Waals surface area contributed by atoms with Crippen LogP contribution in [0.3, 0.4) is 0 Å². The van der Waals surface area contributed by atoms with E-state index >= 15 is 0 Å². The van der Waals surface area contributed by atoms with Crippen molar-refractivity contribution in [2.24, 2.45) is 0 Å². The Kier molecular flexibility index (Phi) is 6.88. The summed E-state index contributed by atoms with van der Waals surface area (Å²) in [5.41, 5.74) is 0.935. The van der Waals surface area contributed by atoms with Gasteiger partial charge in [-0.15, -0.1) is 10.2 Å². The molecule has 6 nitrogen and oxygen atoms in total. The molecule has 0 saturated heterocycles. The number of aromatic nitrogens is 3. The van der Waals surface area contributed by atoms with Gasteiger partial charge in [-0.2, -0.15) is 8.78 Å². The third kappa shape index (κ3) is 5.67. The molecule has 0 atom stereocenters. The highest BCUT2D eigenvalue weighted by Crippen LogP contribution is 2.40. The summed E-state index contributed by atoms with van der Waals surface area (Å²) in [4.78, 5) is 12.1. The Morgan fingerprint density at radius 2 is 2.00 bits per heavy atom. The van der Waals surface area contributed by atoms with Gasteiger partial charge in [-0.05, 0) is 37.0 Å². The Labute approximate surface area is 167 Å². The van der Waals surface area contributed by atoms with Crippen molar-refractivity contribution in [1.29, 1.82) is 0 Å². The average Bonchev–Trinajstić information content (AvgIpc) is 3.39. The maximum Gasteiger partial charge on any atom is 0.387 e. The van der Waals surface area contributed by atoms with Crippen LogP contribution in [0.5, 0.6) is 5.75 Å². The molecule has 0 spiro atoms. The SMILES string of the molecule is CC(C)c1nnc(SCC(=O)NCCc2ccc(OC(F)F)cc2)n1C1CC1. The van der Waals surface area contributed by atoms with Gasteiger partial charge in [-0.3, -0.25) is 4.79 Å². The molecular formula is C19H24F2N4O2S. The van der Waals surface area contributed by atoms with E-state index in [1.807, 2.05) is 0 Å². The number of halogens is 2. The fourth-order valence-corrected chi connectivity index (χ4v) is 3.66. The fraction of sp³-hybridized carbons (Fsp3) is 0.526. The minimum Gasteiger partial charge on any atom is -0.435 e. The van der Waals surface area contributed by atoms with Gasteiger partial charge in [0, 0.05) is 18.5 Å². The molecule has 0 bridgehead atoms. The normalized spacial score (nSPS) is 13.9. The van der Waals surface area contributed by atoms with Crippen molar-refractivity contribution in [2.45, 2.75) is 56.8 Å². The number of carbonyl (C=O) groups excluding carboxylic acids is 1. The summed E-state index contributed by atoms with van der Waals surface area (Å²) in [6, 6.07) is 6.88. The number of alkyl halides is 2. The second-order valence-electron chi connectivity index (χ2n) is 7.01. The molecule has 1 aliphatic carbocycles. The molecule has 1 N–H and O–H groups in total. The molecule has 3 rings (SSSR count). The number of thioether (sulfide) groups is 1. The largest absolute Gasteiger partial charge is 0.435 e. The first-order chi connectivity index (χ1) is 13.4. The minimum atomic E-state index is -2.83. The van der Waals surface area contributed by atoms with Gasteiger partial charge in [0.15, 0.2) is 5.16 Å². The van der Waals surface area contributed by atoms with E-state index in [9.17, 15) is 13.6 Å². The zero-order valence-corrected chi connectivity index (χ0v) is 16.7. The molecule has 1 aliphatic rings. The van der Waals surface area contributed by atoms with Crippen LogP contribution < -0.4 is 10.1 Å². The lowest BCUT2D eigenvalue weighted by molar-refractivity contribution is -0.118. The van der Waals surface area contributed by atoms with Crippen LogP contribution in [0.1, 0.15) is 50.0 Å². The Balaban J connectivity index is 1.43. The quantitative estimate of drug-likeness (QED) is 0.604. The van der Waals surface area contributed by atoms with Crippen molar-refractivity contribution in [2.75, 3.05) is 12.3 Å². The van der Waals surface area contributed by atoms with Gasteiger partial charge in [-0.1, -0.05) is 37.7 Å². The molecule has 9 heteroatoms. The van der Waals surface area contributed by atoms with E-state index in [2.05, 4.69) is 38.7 Å². The average molecular weight is 410 g/mol. The zero-order chi connectivity index (χ0) is 20.1. The van der Waals surface area contributed by atoms with E-state index < -0.39 is 6.61 Å². The Morgan fingerprint density at radius 3 is 2.61 bits per heavy atom. The second kappa shape index (κ2) is 9.36. The van der Waals surface area contributed by atoms with Gasteiger partial charge in [0.2, 0.25) is 5.91 Å². The molecule has 1 saturated carbocycles. The summed E-state index contributed by atoms with van der Waals surface area (Å²) in [7, 11) is 0. The number of hydrogen-bond acceptors (Lipinski definition) is 5. The number of amides is 1. The summed E-state index contributed by atoms with van der Waals surface area (Å²) >= 11 is 1.41. The number of carbonyl (C=O) groups is 1. The molecule has 0 radical (unpaired) electrons. The highest BCUT2D eigenvalue weighted by Gasteiger charge is 2.30. The first-order valence-corrected chi connectivity index (χ1v) is 10.3. The number of hydrogen-bond donors (Lipinski definition) is 1. The number of benzene rings is 1. The predicted molar refractivity (Wildman–Crippen MR) is 103 cm³/mol. The molecule has 1 heterocycles. The molecule has 1 amide bonds. The van der Waals surface area contributed by atoms with Crippen LogP contribution in [0.4, 0.5) is 8.78 Å². The van der Waals surface area contributed by atoms with Crippen molar-refractivity contribution in [1.82, 2.24) is 20.1 Å². The first kappa shape index (κ1) is 20.6. The van der Waals surface area contributed by atoms with Crippen LogP contribution in [0, 0.1) is 0 Å². The van der Waals surface area contributed by atoms with Crippen LogP contribution in [-0.2, 0) is 11.2 Å². The molecule has 1 aromatic heterocycles. The lowest BCUT2D eigenvalue weighted by Crippen LogP contribution is -2.27. The molecule has 152 valence electrons. The third-order valence-electron chi connectivity index (χ3n) is 4.34. The van der Waals surface area contributed by atoms with Crippen LogP contribution in [0.2, 0.25) is 0 Å². The highest BCUT2D eigenvalue weighted by atomic mass is 32.2. The first-order valence-electron chi connectivity index (χ1n) is 9.32. The molecule has 1 aromatic carbocycles. The van der Waals surface area contributed by atoms with Crippen LogP contribution in [0.15, 0.2) is 29.4 Å². The topological polar surface area (TPSA) is 69.0 Å². The maximum atomic E-state index is 12.1. The summed E-state index contributed by atoms with van der Waals surface area (Å²) in [5, 5.41) is 12.2. The van der Waals surface area contributed by atoms with Gasteiger partial charge >= 0.3 is 6.61 Å². The van der Waals surface area contributed by atoms with Gasteiger partial charge in [0.1, 0.15) is 11.6 Å². The molecule has 0 unspecified atom stereocenters. The molecular weight excluding hydrogens is 386 g/mol. The standard InChI is InChI=1S/C19H24F2N4O2S/c1-12(2)17-23-24-19(25(17)14-5-6-14)28-11-16(26)22-10-9-13-3-7-15(8-4-13)27-18(20)21/h3-4,7-8,12,14,18H,5-6,9-11H2,1-2H3,(H,22,26). The number of rotatable bonds is 10. The van der Waals surface area contributed by atoms with E-state index in [1.165, 1.54) is 23.9 Å². The van der Waals surface area contributed by atoms with E-state index in [0.29, 0.717) is 24.9 Å². The van der Waals surface area contributed by atoms with Crippen molar-refractivity contribution >= 4 is 17.7 Å². The summed E-state index contributed by atoms with van der Waals surface area (Å²) in [5.74, 6) is 1.61. The third-order valence-corrected chi connectivity index (χ3v) is 5.28. The Morgan fingerprint density at radius 1 is 1.29 bits per heavy atom. The second-order valence-corrected chi connectivity index (χ2v) is 7.95. The van der Waals surface area contributed by atoms with Gasteiger partial charge < -0.3 is 14.6 Å². The van der Waals surface area contributed by atoms with Crippen molar-refractivity contribution in [3.63, 3.8) is 0 Å². The van der Waals surface area contributed by atoms with Crippen LogP contribution >= 0.6 is 11.8 Å². The number of nitrogens with zero attached hydrogens (tertiary/aromatic N) is 3. The van der Waals surface area contributed by atoms with Gasteiger partial charge in [-0.25, -0.2) is 0 Å². The minimum absolute atomic E-state index is 0.0703. The molecule has 1 fully saturated rings. The van der Waals surface area contributed by atoms with Crippen molar-refractivity contribution in [3.05, 3.63) is 35.7 Å². The molecule has 28 heavy (non-hydrogen) atoms. The molecule has 0 aliphatic heterocycles. The number of nitrogens with one attached hydrogen (secondary N) is 1. The maximum absolute atomic E-state index is 12.1.